The Balaban J connectivity index is 2.66. The van der Waals surface area contributed by atoms with E-state index in [2.05, 4.69) is 31.1 Å². The second-order valence-electron chi connectivity index (χ2n) is 4.38. The first-order valence-electron chi connectivity index (χ1n) is 6.00. The number of aromatic nitrogens is 2. The van der Waals surface area contributed by atoms with E-state index in [-0.39, 0.29) is 5.56 Å². The molecule has 0 atom stereocenters. The molecule has 90 valence electrons. The molecule has 1 aromatic heterocycles. The fraction of sp³-hybridized carbons (Fsp3) is 0.357. The zero-order valence-electron chi connectivity index (χ0n) is 10.6. The molecular formula is C14H18N2O. The van der Waals surface area contributed by atoms with Gasteiger partial charge in [-0.2, -0.15) is 0 Å². The minimum Gasteiger partial charge on any atom is -0.284 e. The van der Waals surface area contributed by atoms with Gasteiger partial charge in [-0.15, -0.1) is 0 Å². The van der Waals surface area contributed by atoms with Gasteiger partial charge < -0.3 is 0 Å². The average Bonchev–Trinajstić information content (AvgIpc) is 2.57. The van der Waals surface area contributed by atoms with Crippen molar-refractivity contribution in [3.63, 3.8) is 0 Å². The lowest BCUT2D eigenvalue weighted by molar-refractivity contribution is 0.603. The van der Waals surface area contributed by atoms with Crippen LogP contribution in [0.15, 0.2) is 29.1 Å². The van der Waals surface area contributed by atoms with Crippen LogP contribution in [0.1, 0.15) is 24.5 Å². The Morgan fingerprint density at radius 2 is 1.94 bits per heavy atom. The molecule has 0 aliphatic rings. The van der Waals surface area contributed by atoms with Crippen molar-refractivity contribution in [3.8, 4) is 11.3 Å². The Labute approximate surface area is 101 Å². The molecule has 3 nitrogen and oxygen atoms in total. The molecule has 2 rings (SSSR count). The van der Waals surface area contributed by atoms with Crippen LogP contribution < -0.4 is 5.56 Å². The predicted octanol–water partition coefficient (Wildman–Crippen LogP) is 2.87. The molecular weight excluding hydrogens is 212 g/mol. The van der Waals surface area contributed by atoms with Crippen LogP contribution in [0, 0.1) is 13.8 Å². The summed E-state index contributed by atoms with van der Waals surface area (Å²) in [5, 5.41) is 2.90. The van der Waals surface area contributed by atoms with E-state index in [4.69, 9.17) is 0 Å². The molecule has 0 fully saturated rings. The molecule has 0 unspecified atom stereocenters. The third-order valence-electron chi connectivity index (χ3n) is 3.05. The second kappa shape index (κ2) is 4.62. The molecule has 0 spiro atoms. The third-order valence-corrected chi connectivity index (χ3v) is 3.05. The quantitative estimate of drug-likeness (QED) is 0.865. The fourth-order valence-corrected chi connectivity index (χ4v) is 2.15. The van der Waals surface area contributed by atoms with Gasteiger partial charge in [-0.1, -0.05) is 31.2 Å². The van der Waals surface area contributed by atoms with Crippen LogP contribution in [-0.2, 0) is 6.54 Å². The van der Waals surface area contributed by atoms with Crippen LogP contribution in [0.25, 0.3) is 11.3 Å². The van der Waals surface area contributed by atoms with Crippen molar-refractivity contribution in [1.82, 2.24) is 9.78 Å². The number of hydrogen-bond donors (Lipinski definition) is 1. The number of nitrogens with zero attached hydrogens (tertiary/aromatic N) is 1. The highest BCUT2D eigenvalue weighted by molar-refractivity contribution is 5.66. The van der Waals surface area contributed by atoms with Crippen LogP contribution >= 0.6 is 0 Å². The highest BCUT2D eigenvalue weighted by Gasteiger charge is 2.13. The van der Waals surface area contributed by atoms with Crippen molar-refractivity contribution in [2.45, 2.75) is 33.7 Å². The van der Waals surface area contributed by atoms with Gasteiger partial charge >= 0.3 is 0 Å². The number of nitrogens with one attached hydrogen (secondary N) is 1. The summed E-state index contributed by atoms with van der Waals surface area (Å²) in [6, 6.07) is 8.16. The van der Waals surface area contributed by atoms with Crippen LogP contribution in [0.3, 0.4) is 0 Å². The van der Waals surface area contributed by atoms with Crippen molar-refractivity contribution in [2.24, 2.45) is 0 Å². The van der Waals surface area contributed by atoms with Gasteiger partial charge in [0, 0.05) is 17.7 Å². The van der Waals surface area contributed by atoms with Gasteiger partial charge in [-0.05, 0) is 25.8 Å². The lowest BCUT2D eigenvalue weighted by Crippen LogP contribution is -2.06. The zero-order chi connectivity index (χ0) is 12.4. The monoisotopic (exact) mass is 230 g/mol. The number of H-pyrrole nitrogens is 1. The Kier molecular flexibility index (Phi) is 3.18. The molecule has 0 saturated carbocycles. The van der Waals surface area contributed by atoms with Gasteiger partial charge in [0.05, 0.1) is 5.69 Å². The van der Waals surface area contributed by atoms with Crippen molar-refractivity contribution in [2.75, 3.05) is 0 Å². The van der Waals surface area contributed by atoms with Gasteiger partial charge in [0.1, 0.15) is 0 Å². The van der Waals surface area contributed by atoms with E-state index in [9.17, 15) is 4.79 Å². The van der Waals surface area contributed by atoms with Crippen molar-refractivity contribution >= 4 is 0 Å². The molecule has 2 aromatic rings. The largest absolute Gasteiger partial charge is 0.284 e. The van der Waals surface area contributed by atoms with Crippen molar-refractivity contribution in [3.05, 3.63) is 45.7 Å². The van der Waals surface area contributed by atoms with Gasteiger partial charge in [-0.25, -0.2) is 0 Å². The summed E-state index contributed by atoms with van der Waals surface area (Å²) in [5.41, 5.74) is 4.16. The van der Waals surface area contributed by atoms with Crippen molar-refractivity contribution < 1.29 is 0 Å². The van der Waals surface area contributed by atoms with E-state index in [1.54, 1.807) is 0 Å². The number of aryl methyl sites for hydroxylation is 2. The highest BCUT2D eigenvalue weighted by Crippen LogP contribution is 2.24. The van der Waals surface area contributed by atoms with E-state index in [0.717, 1.165) is 29.8 Å². The molecule has 17 heavy (non-hydrogen) atoms. The summed E-state index contributed by atoms with van der Waals surface area (Å²) in [7, 11) is 0. The van der Waals surface area contributed by atoms with E-state index >= 15 is 0 Å². The smallest absolute Gasteiger partial charge is 0.267 e. The maximum Gasteiger partial charge on any atom is 0.267 e. The first-order valence-corrected chi connectivity index (χ1v) is 6.00. The first kappa shape index (κ1) is 11.7. The van der Waals surface area contributed by atoms with Gasteiger partial charge in [0.2, 0.25) is 0 Å². The lowest BCUT2D eigenvalue weighted by Gasteiger charge is -2.10. The van der Waals surface area contributed by atoms with Crippen LogP contribution in [-0.4, -0.2) is 9.78 Å². The molecule has 0 saturated heterocycles. The Hall–Kier alpha value is -1.77. The summed E-state index contributed by atoms with van der Waals surface area (Å²) < 4.78 is 1.96. The van der Waals surface area contributed by atoms with E-state index < -0.39 is 0 Å². The average molecular weight is 230 g/mol. The Morgan fingerprint density at radius 3 is 2.59 bits per heavy atom. The normalized spacial score (nSPS) is 10.8. The standard InChI is InChI=1S/C14H18N2O/c1-4-9-16-13(11(3)14(17)15-16)12-8-6-5-7-10(12)2/h5-8H,4,9H2,1-3H3,(H,15,17). The summed E-state index contributed by atoms with van der Waals surface area (Å²) in [5.74, 6) is 0. The molecule has 1 heterocycles. The number of benzene rings is 1. The molecule has 0 aliphatic carbocycles. The summed E-state index contributed by atoms with van der Waals surface area (Å²) in [4.78, 5) is 11.7. The zero-order valence-corrected chi connectivity index (χ0v) is 10.6. The molecule has 0 aliphatic heterocycles. The molecule has 0 bridgehead atoms. The van der Waals surface area contributed by atoms with Crippen LogP contribution in [0.5, 0.6) is 0 Å². The summed E-state index contributed by atoms with van der Waals surface area (Å²) >= 11 is 0. The minimum absolute atomic E-state index is 0.0108. The Morgan fingerprint density at radius 1 is 1.24 bits per heavy atom. The van der Waals surface area contributed by atoms with Crippen LogP contribution in [0.4, 0.5) is 0 Å². The molecule has 0 radical (unpaired) electrons. The molecule has 0 amide bonds. The topological polar surface area (TPSA) is 37.8 Å². The van der Waals surface area contributed by atoms with Crippen molar-refractivity contribution in [1.29, 1.82) is 0 Å². The maximum absolute atomic E-state index is 11.7. The molecule has 3 heteroatoms. The highest BCUT2D eigenvalue weighted by atomic mass is 16.1. The summed E-state index contributed by atoms with van der Waals surface area (Å²) in [6.45, 7) is 6.90. The number of rotatable bonds is 3. The van der Waals surface area contributed by atoms with Gasteiger partial charge in [-0.3, -0.25) is 14.6 Å². The third kappa shape index (κ3) is 2.05. The lowest BCUT2D eigenvalue weighted by atomic mass is 10.0. The second-order valence-corrected chi connectivity index (χ2v) is 4.38. The summed E-state index contributed by atoms with van der Waals surface area (Å²) in [6.07, 6.45) is 1.00. The van der Waals surface area contributed by atoms with Gasteiger partial charge in [0.25, 0.3) is 5.56 Å². The first-order chi connectivity index (χ1) is 8.15. The minimum atomic E-state index is 0.0108. The number of aromatic amines is 1. The molecule has 1 N–H and O–H groups in total. The van der Waals surface area contributed by atoms with E-state index in [0.29, 0.717) is 0 Å². The van der Waals surface area contributed by atoms with E-state index in [1.807, 2.05) is 23.7 Å². The Bertz CT molecular complexity index is 578. The predicted molar refractivity (Wildman–Crippen MR) is 70.3 cm³/mol. The van der Waals surface area contributed by atoms with Crippen LogP contribution in [0.2, 0.25) is 0 Å². The maximum atomic E-state index is 11.7. The number of hydrogen-bond acceptors (Lipinski definition) is 1. The van der Waals surface area contributed by atoms with E-state index in [1.165, 1.54) is 5.56 Å². The fourth-order valence-electron chi connectivity index (χ4n) is 2.15. The van der Waals surface area contributed by atoms with Gasteiger partial charge in [0.15, 0.2) is 0 Å². The SMILES string of the molecule is CCCn1[nH]c(=O)c(C)c1-c1ccccc1C. The molecule has 1 aromatic carbocycles.